The molecule has 0 bridgehead atoms. The average Bonchev–Trinajstić information content (AvgIpc) is 2.66. The first-order chi connectivity index (χ1) is 7.25. The summed E-state index contributed by atoms with van der Waals surface area (Å²) in [6.07, 6.45) is 2.09. The van der Waals surface area contributed by atoms with Crippen molar-refractivity contribution < 1.29 is 9.21 Å². The summed E-state index contributed by atoms with van der Waals surface area (Å²) in [4.78, 5) is 11.6. The number of piperidine rings is 1. The highest BCUT2D eigenvalue weighted by Crippen LogP contribution is 2.13. The van der Waals surface area contributed by atoms with Crippen molar-refractivity contribution in [3.63, 3.8) is 0 Å². The smallest absolute Gasteiger partial charge is 0.287 e. The molecule has 1 atom stereocenters. The summed E-state index contributed by atoms with van der Waals surface area (Å²) < 4.78 is 5.02. The first-order valence-electron chi connectivity index (χ1n) is 5.02. The molecule has 90 valence electrons. The predicted molar refractivity (Wildman–Crippen MR) is 64.3 cm³/mol. The molecule has 1 aromatic heterocycles. The maximum atomic E-state index is 11.6. The number of carbonyl (C=O) groups is 1. The molecule has 1 aliphatic rings. The molecule has 1 aliphatic heterocycles. The molecule has 6 heteroatoms. The van der Waals surface area contributed by atoms with Crippen LogP contribution in [0, 0.1) is 0 Å². The van der Waals surface area contributed by atoms with E-state index in [2.05, 4.69) is 10.6 Å². The summed E-state index contributed by atoms with van der Waals surface area (Å²) >= 11 is 5.59. The van der Waals surface area contributed by atoms with E-state index in [1.807, 2.05) is 0 Å². The zero-order valence-corrected chi connectivity index (χ0v) is 10.2. The Morgan fingerprint density at radius 2 is 2.38 bits per heavy atom. The molecule has 0 radical (unpaired) electrons. The third-order valence-electron chi connectivity index (χ3n) is 2.43. The molecule has 0 saturated carbocycles. The molecule has 1 unspecified atom stereocenters. The second-order valence-corrected chi connectivity index (χ2v) is 3.99. The highest BCUT2D eigenvalue weighted by molar-refractivity contribution is 6.29. The summed E-state index contributed by atoms with van der Waals surface area (Å²) in [6.45, 7) is 1.85. The minimum Gasteiger partial charge on any atom is -0.440 e. The van der Waals surface area contributed by atoms with Gasteiger partial charge < -0.3 is 15.1 Å². The van der Waals surface area contributed by atoms with E-state index >= 15 is 0 Å². The molecule has 2 rings (SSSR count). The van der Waals surface area contributed by atoms with E-state index in [1.54, 1.807) is 12.1 Å². The first-order valence-corrected chi connectivity index (χ1v) is 5.40. The third kappa shape index (κ3) is 3.40. The van der Waals surface area contributed by atoms with Gasteiger partial charge >= 0.3 is 0 Å². The Kier molecular flexibility index (Phi) is 5.12. The van der Waals surface area contributed by atoms with Crippen molar-refractivity contribution in [2.75, 3.05) is 13.1 Å². The van der Waals surface area contributed by atoms with Crippen LogP contribution in [0.4, 0.5) is 0 Å². The van der Waals surface area contributed by atoms with E-state index in [-0.39, 0.29) is 35.3 Å². The molecule has 2 heterocycles. The van der Waals surface area contributed by atoms with Gasteiger partial charge in [-0.1, -0.05) is 0 Å². The van der Waals surface area contributed by atoms with Crippen LogP contribution in [0.15, 0.2) is 16.5 Å². The average molecular weight is 265 g/mol. The van der Waals surface area contributed by atoms with Gasteiger partial charge in [-0.3, -0.25) is 4.79 Å². The largest absolute Gasteiger partial charge is 0.440 e. The number of nitrogens with one attached hydrogen (secondary N) is 2. The number of hydrogen-bond acceptors (Lipinski definition) is 3. The maximum absolute atomic E-state index is 11.6. The van der Waals surface area contributed by atoms with E-state index in [1.165, 1.54) is 0 Å². The molecule has 0 aliphatic carbocycles. The molecule has 1 fully saturated rings. The van der Waals surface area contributed by atoms with Gasteiger partial charge in [0.1, 0.15) is 0 Å². The van der Waals surface area contributed by atoms with E-state index < -0.39 is 0 Å². The topological polar surface area (TPSA) is 54.3 Å². The van der Waals surface area contributed by atoms with Crippen LogP contribution >= 0.6 is 24.0 Å². The Bertz CT molecular complexity index is 348. The molecular formula is C10H14Cl2N2O2. The summed E-state index contributed by atoms with van der Waals surface area (Å²) in [5, 5.41) is 6.36. The zero-order chi connectivity index (χ0) is 10.7. The van der Waals surface area contributed by atoms with Crippen LogP contribution in [-0.4, -0.2) is 25.0 Å². The third-order valence-corrected chi connectivity index (χ3v) is 2.63. The lowest BCUT2D eigenvalue weighted by Crippen LogP contribution is -2.45. The second-order valence-electron chi connectivity index (χ2n) is 3.62. The van der Waals surface area contributed by atoms with Gasteiger partial charge in [0.2, 0.25) is 0 Å². The molecule has 1 amide bonds. The van der Waals surface area contributed by atoms with Crippen molar-refractivity contribution in [1.29, 1.82) is 0 Å². The number of carbonyl (C=O) groups excluding carboxylic acids is 1. The lowest BCUT2D eigenvalue weighted by molar-refractivity contribution is 0.0902. The molecule has 16 heavy (non-hydrogen) atoms. The number of amides is 1. The standard InChI is InChI=1S/C10H13ClN2O2.ClH/c11-9-4-3-8(15-9)10(14)13-7-2-1-5-12-6-7;/h3-4,7,12H,1-2,5-6H2,(H,13,14);1H. The predicted octanol–water partition coefficient (Wildman–Crippen LogP) is 1.84. The lowest BCUT2D eigenvalue weighted by Gasteiger charge is -2.23. The molecule has 1 saturated heterocycles. The van der Waals surface area contributed by atoms with Gasteiger partial charge in [0.15, 0.2) is 11.0 Å². The molecule has 1 aromatic rings. The van der Waals surface area contributed by atoms with Crippen molar-refractivity contribution >= 4 is 29.9 Å². The second kappa shape index (κ2) is 6.13. The monoisotopic (exact) mass is 264 g/mol. The molecule has 0 spiro atoms. The van der Waals surface area contributed by atoms with Gasteiger partial charge in [-0.2, -0.15) is 0 Å². The molecule has 2 N–H and O–H groups in total. The van der Waals surface area contributed by atoms with Crippen LogP contribution in [-0.2, 0) is 0 Å². The van der Waals surface area contributed by atoms with Crippen LogP contribution in [0.5, 0.6) is 0 Å². The molecule has 0 aromatic carbocycles. The van der Waals surface area contributed by atoms with Crippen LogP contribution in [0.25, 0.3) is 0 Å². The highest BCUT2D eigenvalue weighted by atomic mass is 35.5. The summed E-state index contributed by atoms with van der Waals surface area (Å²) in [5.41, 5.74) is 0. The van der Waals surface area contributed by atoms with Crippen LogP contribution < -0.4 is 10.6 Å². The van der Waals surface area contributed by atoms with Crippen LogP contribution in [0.3, 0.4) is 0 Å². The Hall–Kier alpha value is -0.710. The van der Waals surface area contributed by atoms with Crippen LogP contribution in [0.2, 0.25) is 5.22 Å². The van der Waals surface area contributed by atoms with E-state index in [0.717, 1.165) is 25.9 Å². The number of rotatable bonds is 2. The fourth-order valence-electron chi connectivity index (χ4n) is 1.67. The highest BCUT2D eigenvalue weighted by Gasteiger charge is 2.18. The SMILES string of the molecule is Cl.O=C(NC1CCCNC1)c1ccc(Cl)o1. The normalized spacial score (nSPS) is 19.9. The minimum absolute atomic E-state index is 0. The van der Waals surface area contributed by atoms with Gasteiger partial charge in [-0.25, -0.2) is 0 Å². The summed E-state index contributed by atoms with van der Waals surface area (Å²) in [5.74, 6) is 0.0705. The summed E-state index contributed by atoms with van der Waals surface area (Å²) in [7, 11) is 0. The van der Waals surface area contributed by atoms with Gasteiger partial charge in [0, 0.05) is 12.6 Å². The fraction of sp³-hybridized carbons (Fsp3) is 0.500. The van der Waals surface area contributed by atoms with Gasteiger partial charge in [-0.15, -0.1) is 12.4 Å². The fourth-order valence-corrected chi connectivity index (χ4v) is 1.81. The molecule has 4 nitrogen and oxygen atoms in total. The molecular weight excluding hydrogens is 251 g/mol. The van der Waals surface area contributed by atoms with Crippen molar-refractivity contribution in [1.82, 2.24) is 10.6 Å². The Labute approximate surface area is 105 Å². The minimum atomic E-state index is -0.199. The van der Waals surface area contributed by atoms with Gasteiger partial charge in [0.05, 0.1) is 0 Å². The van der Waals surface area contributed by atoms with Crippen molar-refractivity contribution in [3.8, 4) is 0 Å². The van der Waals surface area contributed by atoms with E-state index in [0.29, 0.717) is 0 Å². The number of furan rings is 1. The van der Waals surface area contributed by atoms with Crippen molar-refractivity contribution in [2.45, 2.75) is 18.9 Å². The zero-order valence-electron chi connectivity index (χ0n) is 8.66. The number of hydrogen-bond donors (Lipinski definition) is 2. The lowest BCUT2D eigenvalue weighted by atomic mass is 10.1. The quantitative estimate of drug-likeness (QED) is 0.857. The number of halogens is 2. The Balaban J connectivity index is 0.00000128. The van der Waals surface area contributed by atoms with Crippen molar-refractivity contribution in [2.24, 2.45) is 0 Å². The van der Waals surface area contributed by atoms with E-state index in [4.69, 9.17) is 16.0 Å². The van der Waals surface area contributed by atoms with Crippen LogP contribution in [0.1, 0.15) is 23.4 Å². The van der Waals surface area contributed by atoms with Gasteiger partial charge in [-0.05, 0) is 43.1 Å². The van der Waals surface area contributed by atoms with E-state index in [9.17, 15) is 4.79 Å². The summed E-state index contributed by atoms with van der Waals surface area (Å²) in [6, 6.07) is 3.33. The van der Waals surface area contributed by atoms with Crippen molar-refractivity contribution in [3.05, 3.63) is 23.1 Å². The Morgan fingerprint density at radius 1 is 1.56 bits per heavy atom. The maximum Gasteiger partial charge on any atom is 0.287 e. The van der Waals surface area contributed by atoms with Gasteiger partial charge in [0.25, 0.3) is 5.91 Å². The first kappa shape index (κ1) is 13.4. The Morgan fingerprint density at radius 3 is 2.94 bits per heavy atom.